The third-order valence-corrected chi connectivity index (χ3v) is 3.11. The second-order valence-corrected chi connectivity index (χ2v) is 4.46. The van der Waals surface area contributed by atoms with Crippen LogP contribution in [0, 0.1) is 0 Å². The Labute approximate surface area is 149 Å². The van der Waals surface area contributed by atoms with Gasteiger partial charge in [-0.3, -0.25) is 14.7 Å². The SMILES string of the molecule is Cl.Cl.Cl.NCc1ccnc(C(=O)NCCN2CCOCC2)c1. The molecule has 1 fully saturated rings. The Morgan fingerprint density at radius 3 is 2.64 bits per heavy atom. The number of carbonyl (C=O) groups is 1. The van der Waals surface area contributed by atoms with Gasteiger partial charge >= 0.3 is 0 Å². The second kappa shape index (κ2) is 12.9. The molecular formula is C13H23Cl3N4O2. The Bertz CT molecular complexity index is 432. The summed E-state index contributed by atoms with van der Waals surface area (Å²) in [5.74, 6) is -0.149. The number of amides is 1. The molecule has 0 spiro atoms. The molecule has 9 heteroatoms. The summed E-state index contributed by atoms with van der Waals surface area (Å²) in [5.41, 5.74) is 6.87. The van der Waals surface area contributed by atoms with Crippen LogP contribution in [0.15, 0.2) is 18.3 Å². The van der Waals surface area contributed by atoms with Crippen molar-refractivity contribution in [2.45, 2.75) is 6.54 Å². The predicted octanol–water partition coefficient (Wildman–Crippen LogP) is 0.868. The fourth-order valence-electron chi connectivity index (χ4n) is 1.97. The van der Waals surface area contributed by atoms with Crippen LogP contribution in [0.2, 0.25) is 0 Å². The first-order valence-electron chi connectivity index (χ1n) is 6.53. The van der Waals surface area contributed by atoms with Gasteiger partial charge in [-0.15, -0.1) is 37.2 Å². The number of carbonyl (C=O) groups excluding carboxylic acids is 1. The topological polar surface area (TPSA) is 80.5 Å². The lowest BCUT2D eigenvalue weighted by Gasteiger charge is -2.26. The molecule has 0 saturated carbocycles. The second-order valence-electron chi connectivity index (χ2n) is 4.46. The van der Waals surface area contributed by atoms with Crippen LogP contribution in [0.3, 0.4) is 0 Å². The van der Waals surface area contributed by atoms with Crippen molar-refractivity contribution in [1.82, 2.24) is 15.2 Å². The van der Waals surface area contributed by atoms with E-state index in [1.54, 1.807) is 12.3 Å². The molecule has 3 N–H and O–H groups in total. The van der Waals surface area contributed by atoms with Gasteiger partial charge in [-0.1, -0.05) is 0 Å². The minimum Gasteiger partial charge on any atom is -0.379 e. The standard InChI is InChI=1S/C13H20N4O2.3ClH/c14-10-11-1-2-15-12(9-11)13(18)16-3-4-17-5-7-19-8-6-17;;;/h1-2,9H,3-8,10,14H2,(H,16,18);3*1H. The number of nitrogens with one attached hydrogen (secondary N) is 1. The zero-order valence-electron chi connectivity index (χ0n) is 12.2. The molecule has 0 atom stereocenters. The van der Waals surface area contributed by atoms with E-state index in [4.69, 9.17) is 10.5 Å². The largest absolute Gasteiger partial charge is 0.379 e. The predicted molar refractivity (Wildman–Crippen MR) is 93.5 cm³/mol. The van der Waals surface area contributed by atoms with Crippen LogP contribution in [-0.4, -0.2) is 55.2 Å². The summed E-state index contributed by atoms with van der Waals surface area (Å²) >= 11 is 0. The smallest absolute Gasteiger partial charge is 0.269 e. The highest BCUT2D eigenvalue weighted by atomic mass is 35.5. The molecule has 1 aromatic heterocycles. The number of morpholine rings is 1. The van der Waals surface area contributed by atoms with Crippen molar-refractivity contribution in [3.8, 4) is 0 Å². The van der Waals surface area contributed by atoms with Gasteiger partial charge in [-0.2, -0.15) is 0 Å². The summed E-state index contributed by atoms with van der Waals surface area (Å²) in [6, 6.07) is 3.54. The first-order valence-corrected chi connectivity index (χ1v) is 6.53. The lowest BCUT2D eigenvalue weighted by Crippen LogP contribution is -2.41. The molecular weight excluding hydrogens is 351 g/mol. The van der Waals surface area contributed by atoms with Crippen molar-refractivity contribution in [3.05, 3.63) is 29.6 Å². The third kappa shape index (κ3) is 7.58. The number of pyridine rings is 1. The average molecular weight is 374 g/mol. The normalized spacial score (nSPS) is 14.0. The number of nitrogens with zero attached hydrogens (tertiary/aromatic N) is 2. The van der Waals surface area contributed by atoms with Gasteiger partial charge in [0.2, 0.25) is 0 Å². The van der Waals surface area contributed by atoms with E-state index in [0.29, 0.717) is 18.8 Å². The molecule has 2 heterocycles. The van der Waals surface area contributed by atoms with Crippen LogP contribution in [0.4, 0.5) is 0 Å². The maximum absolute atomic E-state index is 11.9. The Balaban J connectivity index is 0. The average Bonchev–Trinajstić information content (AvgIpc) is 2.48. The van der Waals surface area contributed by atoms with Gasteiger partial charge in [-0.25, -0.2) is 0 Å². The van der Waals surface area contributed by atoms with Crippen LogP contribution in [0.25, 0.3) is 0 Å². The Morgan fingerprint density at radius 2 is 2.00 bits per heavy atom. The molecule has 1 amide bonds. The van der Waals surface area contributed by atoms with Crippen molar-refractivity contribution < 1.29 is 9.53 Å². The van der Waals surface area contributed by atoms with E-state index >= 15 is 0 Å². The Hall–Kier alpha value is -0.630. The van der Waals surface area contributed by atoms with E-state index in [1.807, 2.05) is 6.07 Å². The quantitative estimate of drug-likeness (QED) is 0.800. The maximum Gasteiger partial charge on any atom is 0.269 e. The van der Waals surface area contributed by atoms with Gasteiger partial charge in [0.1, 0.15) is 5.69 Å². The van der Waals surface area contributed by atoms with Crippen LogP contribution >= 0.6 is 37.2 Å². The van der Waals surface area contributed by atoms with Gasteiger partial charge < -0.3 is 15.8 Å². The number of ether oxygens (including phenoxy) is 1. The van der Waals surface area contributed by atoms with E-state index in [9.17, 15) is 4.79 Å². The molecule has 128 valence electrons. The third-order valence-electron chi connectivity index (χ3n) is 3.11. The molecule has 6 nitrogen and oxygen atoms in total. The minimum atomic E-state index is -0.149. The van der Waals surface area contributed by atoms with Gasteiger partial charge in [0.05, 0.1) is 13.2 Å². The molecule has 0 radical (unpaired) electrons. The maximum atomic E-state index is 11.9. The van der Waals surface area contributed by atoms with Gasteiger partial charge in [0.25, 0.3) is 5.91 Å². The first-order chi connectivity index (χ1) is 9.29. The van der Waals surface area contributed by atoms with Crippen LogP contribution in [0.1, 0.15) is 16.1 Å². The van der Waals surface area contributed by atoms with E-state index in [-0.39, 0.29) is 43.1 Å². The zero-order valence-corrected chi connectivity index (χ0v) is 14.6. The van der Waals surface area contributed by atoms with Crippen LogP contribution in [-0.2, 0) is 11.3 Å². The number of aromatic nitrogens is 1. The fourth-order valence-corrected chi connectivity index (χ4v) is 1.97. The summed E-state index contributed by atoms with van der Waals surface area (Å²) in [7, 11) is 0. The fraction of sp³-hybridized carbons (Fsp3) is 0.538. The molecule has 1 aliphatic rings. The van der Waals surface area contributed by atoms with Crippen LogP contribution < -0.4 is 11.1 Å². The van der Waals surface area contributed by atoms with E-state index in [0.717, 1.165) is 38.4 Å². The molecule has 2 rings (SSSR count). The van der Waals surface area contributed by atoms with Crippen molar-refractivity contribution in [3.63, 3.8) is 0 Å². The summed E-state index contributed by atoms with van der Waals surface area (Å²) in [6.45, 7) is 5.27. The highest BCUT2D eigenvalue weighted by molar-refractivity contribution is 5.92. The lowest BCUT2D eigenvalue weighted by atomic mass is 10.2. The van der Waals surface area contributed by atoms with Gasteiger partial charge in [0.15, 0.2) is 0 Å². The summed E-state index contributed by atoms with van der Waals surface area (Å²) < 4.78 is 5.27. The van der Waals surface area contributed by atoms with Crippen LogP contribution in [0.5, 0.6) is 0 Å². The van der Waals surface area contributed by atoms with Crippen molar-refractivity contribution in [2.75, 3.05) is 39.4 Å². The van der Waals surface area contributed by atoms with Gasteiger partial charge in [0, 0.05) is 38.9 Å². The van der Waals surface area contributed by atoms with E-state index in [2.05, 4.69) is 15.2 Å². The van der Waals surface area contributed by atoms with Crippen molar-refractivity contribution in [2.24, 2.45) is 5.73 Å². The highest BCUT2D eigenvalue weighted by Crippen LogP contribution is 2.01. The molecule has 1 saturated heterocycles. The van der Waals surface area contributed by atoms with Gasteiger partial charge in [-0.05, 0) is 17.7 Å². The first kappa shape index (κ1) is 23.6. The highest BCUT2D eigenvalue weighted by Gasteiger charge is 2.11. The number of nitrogens with two attached hydrogens (primary N) is 1. The van der Waals surface area contributed by atoms with E-state index < -0.39 is 0 Å². The molecule has 0 unspecified atom stereocenters. The number of rotatable bonds is 5. The summed E-state index contributed by atoms with van der Waals surface area (Å²) in [5, 5.41) is 2.87. The number of hydrogen-bond donors (Lipinski definition) is 2. The number of hydrogen-bond acceptors (Lipinski definition) is 5. The Morgan fingerprint density at radius 1 is 1.32 bits per heavy atom. The lowest BCUT2D eigenvalue weighted by molar-refractivity contribution is 0.0383. The minimum absolute atomic E-state index is 0. The van der Waals surface area contributed by atoms with Crippen molar-refractivity contribution in [1.29, 1.82) is 0 Å². The monoisotopic (exact) mass is 372 g/mol. The molecule has 1 aromatic rings. The number of halogens is 3. The molecule has 1 aliphatic heterocycles. The molecule has 0 aliphatic carbocycles. The van der Waals surface area contributed by atoms with Crippen molar-refractivity contribution >= 4 is 43.1 Å². The zero-order chi connectivity index (χ0) is 13.5. The molecule has 22 heavy (non-hydrogen) atoms. The summed E-state index contributed by atoms with van der Waals surface area (Å²) in [4.78, 5) is 18.2. The van der Waals surface area contributed by atoms with E-state index in [1.165, 1.54) is 0 Å². The molecule has 0 aromatic carbocycles. The Kier molecular flexibility index (Phi) is 13.8. The summed E-state index contributed by atoms with van der Waals surface area (Å²) in [6.07, 6.45) is 1.61. The molecule has 0 bridgehead atoms.